The van der Waals surface area contributed by atoms with E-state index in [-0.39, 0.29) is 48.5 Å². The molecule has 0 saturated carbocycles. The monoisotopic (exact) mass is 520 g/mol. The van der Waals surface area contributed by atoms with Crippen LogP contribution >= 0.6 is 0 Å². The quantitative estimate of drug-likeness (QED) is 0.355. The van der Waals surface area contributed by atoms with Gasteiger partial charge in [-0.1, -0.05) is 11.3 Å². The van der Waals surface area contributed by atoms with Gasteiger partial charge in [0.05, 0.1) is 56.9 Å². The van der Waals surface area contributed by atoms with Crippen LogP contribution in [0.5, 0.6) is 5.88 Å². The highest BCUT2D eigenvalue weighted by Crippen LogP contribution is 2.36. The third-order valence-electron chi connectivity index (χ3n) is 6.83. The highest BCUT2D eigenvalue weighted by molar-refractivity contribution is 5.89. The first-order valence-electron chi connectivity index (χ1n) is 11.9. The molecule has 1 unspecified atom stereocenters. The van der Waals surface area contributed by atoms with Crippen LogP contribution in [0, 0.1) is 5.82 Å². The van der Waals surface area contributed by atoms with Crippen LogP contribution in [-0.4, -0.2) is 92.6 Å². The van der Waals surface area contributed by atoms with Crippen molar-refractivity contribution in [1.82, 2.24) is 34.5 Å². The Balaban J connectivity index is 1.35. The maximum Gasteiger partial charge on any atom is 0.281 e. The van der Waals surface area contributed by atoms with Crippen molar-refractivity contribution in [2.75, 3.05) is 45.4 Å². The number of hydrogen-bond acceptors (Lipinski definition) is 8. The maximum absolute atomic E-state index is 15.3. The van der Waals surface area contributed by atoms with Crippen molar-refractivity contribution >= 4 is 22.5 Å². The van der Waals surface area contributed by atoms with E-state index in [4.69, 9.17) is 9.47 Å². The number of likely N-dealkylation sites (tertiary alicyclic amines) is 1. The van der Waals surface area contributed by atoms with E-state index in [0.717, 1.165) is 6.20 Å². The molecule has 4 aromatic rings. The Hall–Kier alpha value is -3.52. The molecule has 37 heavy (non-hydrogen) atoms. The first kappa shape index (κ1) is 23.9. The molecule has 14 heteroatoms. The van der Waals surface area contributed by atoms with Gasteiger partial charge >= 0.3 is 0 Å². The normalized spacial score (nSPS) is 20.1. The fraction of sp³-hybridized carbons (Fsp3) is 0.478. The van der Waals surface area contributed by atoms with Gasteiger partial charge < -0.3 is 14.8 Å². The van der Waals surface area contributed by atoms with Gasteiger partial charge in [-0.05, 0) is 24.1 Å². The number of alkyl halides is 3. The molecule has 3 aromatic heterocycles. The lowest BCUT2D eigenvalue weighted by Gasteiger charge is -2.34. The second kappa shape index (κ2) is 9.10. The molecule has 1 aromatic carbocycles. The number of nitrogens with one attached hydrogen (secondary N) is 1. The average Bonchev–Trinajstić information content (AvgIpc) is 3.48. The Bertz CT molecular complexity index is 1450. The van der Waals surface area contributed by atoms with Gasteiger partial charge in [-0.25, -0.2) is 22.4 Å². The Labute approximate surface area is 208 Å². The fourth-order valence-corrected chi connectivity index (χ4v) is 4.83. The van der Waals surface area contributed by atoms with Crippen molar-refractivity contribution in [3.05, 3.63) is 30.2 Å². The topological polar surface area (TPSA) is 94.6 Å². The second-order valence-corrected chi connectivity index (χ2v) is 9.23. The Morgan fingerprint density at radius 1 is 1.27 bits per heavy atom. The van der Waals surface area contributed by atoms with Crippen molar-refractivity contribution in [3.8, 4) is 17.0 Å². The molecule has 2 saturated heterocycles. The summed E-state index contributed by atoms with van der Waals surface area (Å²) in [5.74, 6) is -3.70. The van der Waals surface area contributed by atoms with Crippen molar-refractivity contribution < 1.29 is 27.0 Å². The Kier molecular flexibility index (Phi) is 5.87. The third kappa shape index (κ3) is 4.13. The van der Waals surface area contributed by atoms with Crippen LogP contribution in [0.2, 0.25) is 0 Å². The number of methoxy groups -OCH3 is 1. The molecule has 6 rings (SSSR count). The van der Waals surface area contributed by atoms with Gasteiger partial charge in [-0.15, -0.1) is 10.2 Å². The minimum absolute atomic E-state index is 0.0196. The van der Waals surface area contributed by atoms with Crippen LogP contribution in [0.25, 0.3) is 27.7 Å². The van der Waals surface area contributed by atoms with Crippen LogP contribution in [0.4, 0.5) is 23.5 Å². The number of benzene rings is 1. The van der Waals surface area contributed by atoms with Gasteiger partial charge in [-0.3, -0.25) is 9.29 Å². The van der Waals surface area contributed by atoms with Gasteiger partial charge in [0.2, 0.25) is 11.8 Å². The molecule has 0 spiro atoms. The van der Waals surface area contributed by atoms with Crippen LogP contribution in [-0.2, 0) is 11.3 Å². The number of anilines is 1. The molecule has 0 bridgehead atoms. The highest BCUT2D eigenvalue weighted by atomic mass is 19.3. The lowest BCUT2D eigenvalue weighted by Crippen LogP contribution is -2.48. The van der Waals surface area contributed by atoms with Crippen LogP contribution in [0.15, 0.2) is 24.4 Å². The second-order valence-electron chi connectivity index (χ2n) is 9.23. The van der Waals surface area contributed by atoms with E-state index in [1.54, 1.807) is 27.8 Å². The summed E-state index contributed by atoms with van der Waals surface area (Å²) in [6, 6.07) is 3.82. The van der Waals surface area contributed by atoms with Crippen molar-refractivity contribution in [2.24, 2.45) is 0 Å². The van der Waals surface area contributed by atoms with E-state index in [1.165, 1.54) is 11.6 Å². The number of fused-ring (bicyclic) bond motifs is 2. The lowest BCUT2D eigenvalue weighted by molar-refractivity contribution is -0.0711. The Morgan fingerprint density at radius 3 is 2.84 bits per heavy atom. The average molecular weight is 520 g/mol. The fourth-order valence-electron chi connectivity index (χ4n) is 4.83. The molecule has 2 aliphatic heterocycles. The van der Waals surface area contributed by atoms with Gasteiger partial charge in [0.15, 0.2) is 5.82 Å². The third-order valence-corrected chi connectivity index (χ3v) is 6.83. The number of ether oxygens (including phenoxy) is 2. The summed E-state index contributed by atoms with van der Waals surface area (Å²) in [5.41, 5.74) is 2.10. The molecule has 0 aliphatic carbocycles. The molecule has 1 N–H and O–H groups in total. The first-order valence-corrected chi connectivity index (χ1v) is 11.9. The van der Waals surface area contributed by atoms with Gasteiger partial charge in [0, 0.05) is 13.1 Å². The van der Waals surface area contributed by atoms with E-state index >= 15 is 4.39 Å². The first-order chi connectivity index (χ1) is 17.9. The summed E-state index contributed by atoms with van der Waals surface area (Å²) in [6.45, 7) is 0.407. The molecule has 2 aliphatic rings. The zero-order chi connectivity index (χ0) is 25.7. The van der Waals surface area contributed by atoms with Crippen LogP contribution in [0.3, 0.4) is 0 Å². The summed E-state index contributed by atoms with van der Waals surface area (Å²) < 4.78 is 70.8. The van der Waals surface area contributed by atoms with Gasteiger partial charge in [0.1, 0.15) is 17.1 Å². The number of hydrogen-bond donors (Lipinski definition) is 1. The standard InChI is InChI=1S/C23H24F4N8O2/c1-36-21-20-19(13-3-4-16-17(7-13)34(32-30-16)6-2-5-24)15(25)8-35(20)31-22(29-21)28-18-9-33(12-23(18,26)27)14-10-37-11-14/h3-4,7-8,14,18H,2,5-6,9-12H2,1H3,(H,28,31). The summed E-state index contributed by atoms with van der Waals surface area (Å²) in [4.78, 5) is 5.97. The van der Waals surface area contributed by atoms with E-state index in [0.29, 0.717) is 36.4 Å². The highest BCUT2D eigenvalue weighted by Gasteiger charge is 2.51. The van der Waals surface area contributed by atoms with Crippen molar-refractivity contribution in [2.45, 2.75) is 31.0 Å². The molecule has 196 valence electrons. The number of halogens is 4. The van der Waals surface area contributed by atoms with Gasteiger partial charge in [-0.2, -0.15) is 4.98 Å². The number of aromatic nitrogens is 6. The SMILES string of the molecule is COc1nc(NC2CN(C3COC3)CC2(F)F)nn2cc(F)c(-c3ccc4nnn(CCCF)c4c3)c12. The number of nitrogens with zero attached hydrogens (tertiary/aromatic N) is 7. The van der Waals surface area contributed by atoms with Crippen molar-refractivity contribution in [3.63, 3.8) is 0 Å². The van der Waals surface area contributed by atoms with Crippen LogP contribution in [0.1, 0.15) is 6.42 Å². The predicted octanol–water partition coefficient (Wildman–Crippen LogP) is 2.78. The number of rotatable bonds is 8. The minimum Gasteiger partial charge on any atom is -0.479 e. The van der Waals surface area contributed by atoms with Crippen LogP contribution < -0.4 is 10.1 Å². The predicted molar refractivity (Wildman–Crippen MR) is 125 cm³/mol. The molecule has 1 atom stereocenters. The smallest absolute Gasteiger partial charge is 0.281 e. The van der Waals surface area contributed by atoms with E-state index in [1.807, 2.05) is 0 Å². The maximum atomic E-state index is 15.3. The largest absolute Gasteiger partial charge is 0.479 e. The molecule has 10 nitrogen and oxygen atoms in total. The van der Waals surface area contributed by atoms with E-state index in [9.17, 15) is 13.2 Å². The zero-order valence-electron chi connectivity index (χ0n) is 19.9. The summed E-state index contributed by atoms with van der Waals surface area (Å²) >= 11 is 0. The summed E-state index contributed by atoms with van der Waals surface area (Å²) in [7, 11) is 1.36. The zero-order valence-corrected chi connectivity index (χ0v) is 19.9. The lowest BCUT2D eigenvalue weighted by atomic mass is 10.1. The molecule has 0 amide bonds. The number of aryl methyl sites for hydroxylation is 1. The molecule has 0 radical (unpaired) electrons. The minimum atomic E-state index is -3.01. The summed E-state index contributed by atoms with van der Waals surface area (Å²) in [5, 5.41) is 15.1. The molecular weight excluding hydrogens is 496 g/mol. The van der Waals surface area contributed by atoms with Crippen molar-refractivity contribution in [1.29, 1.82) is 0 Å². The van der Waals surface area contributed by atoms with E-state index in [2.05, 4.69) is 25.7 Å². The molecular formula is C23H24F4N8O2. The van der Waals surface area contributed by atoms with E-state index < -0.39 is 24.5 Å². The Morgan fingerprint density at radius 2 is 2.11 bits per heavy atom. The molecule has 5 heterocycles. The van der Waals surface area contributed by atoms with Gasteiger partial charge in [0.25, 0.3) is 5.92 Å². The molecule has 2 fully saturated rings. The summed E-state index contributed by atoms with van der Waals surface area (Å²) in [6.07, 6.45) is 1.42.